The van der Waals surface area contributed by atoms with E-state index in [2.05, 4.69) is 5.10 Å². The number of nitrogens with zero attached hydrogens (tertiary/aromatic N) is 2. The monoisotopic (exact) mass is 196 g/mol. The summed E-state index contributed by atoms with van der Waals surface area (Å²) in [6.45, 7) is 3.10. The van der Waals surface area contributed by atoms with Gasteiger partial charge in [0, 0.05) is 13.7 Å². The van der Waals surface area contributed by atoms with Gasteiger partial charge in [0.25, 0.3) is 0 Å². The normalized spacial score (nSPS) is 27.9. The van der Waals surface area contributed by atoms with E-state index in [4.69, 9.17) is 4.74 Å². The molecule has 14 heavy (non-hydrogen) atoms. The topological polar surface area (TPSA) is 47.3 Å². The van der Waals surface area contributed by atoms with Crippen LogP contribution in [0, 0.1) is 6.92 Å². The van der Waals surface area contributed by atoms with E-state index < -0.39 is 5.60 Å². The summed E-state index contributed by atoms with van der Waals surface area (Å²) in [7, 11) is 1.86. The second-order valence-corrected chi connectivity index (χ2v) is 3.99. The maximum absolute atomic E-state index is 10.4. The summed E-state index contributed by atoms with van der Waals surface area (Å²) < 4.78 is 7.07. The average Bonchev–Trinajstić information content (AvgIpc) is 2.48. The molecular formula is C10H16N2O2. The molecule has 0 aromatic carbocycles. The Morgan fingerprint density at radius 1 is 1.64 bits per heavy atom. The summed E-state index contributed by atoms with van der Waals surface area (Å²) in [5.74, 6) is 0. The molecule has 1 atom stereocenters. The quantitative estimate of drug-likeness (QED) is 0.720. The Hall–Kier alpha value is -0.870. The maximum Gasteiger partial charge on any atom is 0.130 e. The SMILES string of the molecule is Cc1cnn(C)c1C1(O)CCCOC1. The summed E-state index contributed by atoms with van der Waals surface area (Å²) >= 11 is 0. The van der Waals surface area contributed by atoms with Crippen molar-refractivity contribution in [2.24, 2.45) is 7.05 Å². The van der Waals surface area contributed by atoms with Crippen LogP contribution in [0.2, 0.25) is 0 Å². The second-order valence-electron chi connectivity index (χ2n) is 3.99. The molecule has 0 aliphatic carbocycles. The summed E-state index contributed by atoms with van der Waals surface area (Å²) in [6, 6.07) is 0. The molecule has 2 heterocycles. The molecule has 0 radical (unpaired) electrons. The van der Waals surface area contributed by atoms with E-state index in [1.807, 2.05) is 14.0 Å². The van der Waals surface area contributed by atoms with Gasteiger partial charge in [0.15, 0.2) is 0 Å². The summed E-state index contributed by atoms with van der Waals surface area (Å²) in [5, 5.41) is 14.5. The number of ether oxygens (including phenoxy) is 1. The van der Waals surface area contributed by atoms with E-state index in [1.54, 1.807) is 10.9 Å². The Labute approximate surface area is 83.5 Å². The highest BCUT2D eigenvalue weighted by Gasteiger charge is 2.36. The smallest absolute Gasteiger partial charge is 0.130 e. The molecule has 4 nitrogen and oxygen atoms in total. The number of rotatable bonds is 1. The summed E-state index contributed by atoms with van der Waals surface area (Å²) in [5.41, 5.74) is 1.07. The minimum Gasteiger partial charge on any atom is -0.381 e. The molecule has 1 aromatic rings. The molecule has 0 amide bonds. The zero-order valence-electron chi connectivity index (χ0n) is 8.66. The Kier molecular flexibility index (Phi) is 2.33. The number of aryl methyl sites for hydroxylation is 2. The zero-order chi connectivity index (χ0) is 10.2. The van der Waals surface area contributed by atoms with Crippen molar-refractivity contribution in [3.05, 3.63) is 17.5 Å². The van der Waals surface area contributed by atoms with E-state index in [0.717, 1.165) is 30.7 Å². The first-order chi connectivity index (χ1) is 6.63. The fourth-order valence-corrected chi connectivity index (χ4v) is 2.18. The van der Waals surface area contributed by atoms with Crippen molar-refractivity contribution in [3.8, 4) is 0 Å². The van der Waals surface area contributed by atoms with Gasteiger partial charge >= 0.3 is 0 Å². The lowest BCUT2D eigenvalue weighted by Gasteiger charge is -2.32. The second kappa shape index (κ2) is 3.37. The Balaban J connectivity index is 2.36. The number of hydrogen-bond donors (Lipinski definition) is 1. The molecule has 1 aliphatic rings. The van der Waals surface area contributed by atoms with Crippen molar-refractivity contribution in [1.29, 1.82) is 0 Å². The minimum absolute atomic E-state index is 0.382. The molecule has 1 fully saturated rings. The minimum atomic E-state index is -0.840. The van der Waals surface area contributed by atoms with Gasteiger partial charge in [-0.1, -0.05) is 0 Å². The van der Waals surface area contributed by atoms with Gasteiger partial charge in [-0.2, -0.15) is 5.10 Å². The third kappa shape index (κ3) is 1.44. The molecular weight excluding hydrogens is 180 g/mol. The van der Waals surface area contributed by atoms with Crippen LogP contribution >= 0.6 is 0 Å². The highest BCUT2D eigenvalue weighted by Crippen LogP contribution is 2.31. The van der Waals surface area contributed by atoms with Gasteiger partial charge in [0.05, 0.1) is 18.5 Å². The molecule has 1 unspecified atom stereocenters. The van der Waals surface area contributed by atoms with Crippen molar-refractivity contribution < 1.29 is 9.84 Å². The molecule has 1 saturated heterocycles. The molecule has 1 N–H and O–H groups in total. The lowest BCUT2D eigenvalue weighted by atomic mass is 9.91. The molecule has 0 spiro atoms. The Morgan fingerprint density at radius 2 is 2.43 bits per heavy atom. The van der Waals surface area contributed by atoms with Crippen LogP contribution in [0.1, 0.15) is 24.1 Å². The van der Waals surface area contributed by atoms with Gasteiger partial charge in [-0.3, -0.25) is 4.68 Å². The van der Waals surface area contributed by atoms with Crippen molar-refractivity contribution in [2.45, 2.75) is 25.4 Å². The fourth-order valence-electron chi connectivity index (χ4n) is 2.18. The largest absolute Gasteiger partial charge is 0.381 e. The average molecular weight is 196 g/mol. The van der Waals surface area contributed by atoms with Gasteiger partial charge in [0.2, 0.25) is 0 Å². The van der Waals surface area contributed by atoms with Crippen LogP contribution < -0.4 is 0 Å². The predicted octanol–water partition coefficient (Wildman–Crippen LogP) is 0.727. The first kappa shape index (κ1) is 9.68. The van der Waals surface area contributed by atoms with Crippen LogP contribution in [0.15, 0.2) is 6.20 Å². The van der Waals surface area contributed by atoms with Crippen molar-refractivity contribution >= 4 is 0 Å². The van der Waals surface area contributed by atoms with E-state index in [0.29, 0.717) is 6.61 Å². The summed E-state index contributed by atoms with van der Waals surface area (Å²) in [4.78, 5) is 0. The Morgan fingerprint density at radius 3 is 2.93 bits per heavy atom. The number of aliphatic hydroxyl groups is 1. The van der Waals surface area contributed by atoms with Crippen LogP contribution in [-0.4, -0.2) is 28.1 Å². The number of hydrogen-bond acceptors (Lipinski definition) is 3. The van der Waals surface area contributed by atoms with Crippen LogP contribution in [0.3, 0.4) is 0 Å². The van der Waals surface area contributed by atoms with Gasteiger partial charge < -0.3 is 9.84 Å². The lowest BCUT2D eigenvalue weighted by Crippen LogP contribution is -2.38. The molecule has 4 heteroatoms. The summed E-state index contributed by atoms with van der Waals surface area (Å²) in [6.07, 6.45) is 3.44. The molecule has 1 aliphatic heterocycles. The third-order valence-corrected chi connectivity index (χ3v) is 2.78. The first-order valence-corrected chi connectivity index (χ1v) is 4.93. The third-order valence-electron chi connectivity index (χ3n) is 2.78. The molecule has 0 bridgehead atoms. The molecule has 1 aromatic heterocycles. The van der Waals surface area contributed by atoms with Crippen molar-refractivity contribution in [1.82, 2.24) is 9.78 Å². The van der Waals surface area contributed by atoms with Gasteiger partial charge in [0.1, 0.15) is 5.60 Å². The molecule has 78 valence electrons. The van der Waals surface area contributed by atoms with E-state index in [9.17, 15) is 5.11 Å². The van der Waals surface area contributed by atoms with Crippen molar-refractivity contribution in [2.75, 3.05) is 13.2 Å². The van der Waals surface area contributed by atoms with E-state index in [-0.39, 0.29) is 0 Å². The van der Waals surface area contributed by atoms with Gasteiger partial charge in [-0.15, -0.1) is 0 Å². The van der Waals surface area contributed by atoms with E-state index >= 15 is 0 Å². The standard InChI is InChI=1S/C10H16N2O2/c1-8-6-11-12(2)9(8)10(13)4-3-5-14-7-10/h6,13H,3-5,7H2,1-2H3. The van der Waals surface area contributed by atoms with Gasteiger partial charge in [-0.25, -0.2) is 0 Å². The van der Waals surface area contributed by atoms with Crippen LogP contribution in [0.25, 0.3) is 0 Å². The molecule has 2 rings (SSSR count). The Bertz CT molecular complexity index is 307. The van der Waals surface area contributed by atoms with Crippen LogP contribution in [-0.2, 0) is 17.4 Å². The predicted molar refractivity (Wildman–Crippen MR) is 51.9 cm³/mol. The highest BCUT2D eigenvalue weighted by atomic mass is 16.5. The van der Waals surface area contributed by atoms with Gasteiger partial charge in [-0.05, 0) is 25.3 Å². The fraction of sp³-hybridized carbons (Fsp3) is 0.700. The zero-order valence-corrected chi connectivity index (χ0v) is 8.66. The molecule has 0 saturated carbocycles. The maximum atomic E-state index is 10.4. The highest BCUT2D eigenvalue weighted by molar-refractivity contribution is 5.23. The van der Waals surface area contributed by atoms with Crippen molar-refractivity contribution in [3.63, 3.8) is 0 Å². The van der Waals surface area contributed by atoms with Crippen LogP contribution in [0.4, 0.5) is 0 Å². The first-order valence-electron chi connectivity index (χ1n) is 4.93. The van der Waals surface area contributed by atoms with Crippen LogP contribution in [0.5, 0.6) is 0 Å². The number of aromatic nitrogens is 2. The van der Waals surface area contributed by atoms with E-state index in [1.165, 1.54) is 0 Å². The lowest BCUT2D eigenvalue weighted by molar-refractivity contribution is -0.0950.